The van der Waals surface area contributed by atoms with Crippen LogP contribution in [0.15, 0.2) is 72.8 Å². The van der Waals surface area contributed by atoms with E-state index in [0.717, 1.165) is 31.5 Å². The van der Waals surface area contributed by atoms with Crippen molar-refractivity contribution in [1.29, 1.82) is 0 Å². The number of hydrogen-bond donors (Lipinski definition) is 1. The highest BCUT2D eigenvalue weighted by molar-refractivity contribution is 7.92. The molecule has 1 N–H and O–H groups in total. The minimum Gasteiger partial charge on any atom is -0.348 e. The van der Waals surface area contributed by atoms with Gasteiger partial charge in [-0.3, -0.25) is 14.0 Å². The maximum absolute atomic E-state index is 12.8. The van der Waals surface area contributed by atoms with E-state index < -0.39 is 10.0 Å². The third-order valence-corrected chi connectivity index (χ3v) is 7.75. The minimum atomic E-state index is -3.56. The van der Waals surface area contributed by atoms with Gasteiger partial charge in [-0.2, -0.15) is 0 Å². The van der Waals surface area contributed by atoms with Crippen molar-refractivity contribution in [1.82, 2.24) is 10.2 Å². The molecule has 1 fully saturated rings. The first kappa shape index (κ1) is 25.2. The van der Waals surface area contributed by atoms with Gasteiger partial charge in [0.15, 0.2) is 0 Å². The van der Waals surface area contributed by atoms with Gasteiger partial charge < -0.3 is 5.32 Å². The van der Waals surface area contributed by atoms with Crippen LogP contribution in [0.25, 0.3) is 0 Å². The Hall–Kier alpha value is -2.87. The van der Waals surface area contributed by atoms with Gasteiger partial charge in [0.05, 0.1) is 18.5 Å². The predicted molar refractivity (Wildman–Crippen MR) is 141 cm³/mol. The van der Waals surface area contributed by atoms with Crippen LogP contribution in [0, 0.1) is 0 Å². The van der Waals surface area contributed by atoms with Crippen LogP contribution in [-0.2, 0) is 29.7 Å². The van der Waals surface area contributed by atoms with Gasteiger partial charge in [-0.05, 0) is 73.0 Å². The predicted octanol–water partition coefficient (Wildman–Crippen LogP) is 4.83. The summed E-state index contributed by atoms with van der Waals surface area (Å²) in [7, 11) is -3.56. The van der Waals surface area contributed by atoms with E-state index in [1.807, 2.05) is 24.3 Å². The first-order valence-electron chi connectivity index (χ1n) is 11.7. The molecule has 0 aliphatic carbocycles. The molecule has 0 atom stereocenters. The molecule has 0 aromatic heterocycles. The van der Waals surface area contributed by atoms with Crippen molar-refractivity contribution in [3.63, 3.8) is 0 Å². The number of rotatable bonds is 9. The highest BCUT2D eigenvalue weighted by Gasteiger charge is 2.20. The Balaban J connectivity index is 1.43. The Bertz CT molecular complexity index is 1270. The number of sulfonamides is 1. The number of carbonyl (C=O) groups excluding carboxylic acids is 1. The molecule has 1 aliphatic rings. The molecule has 1 aliphatic heterocycles. The molecular formula is C27H30ClN3O3S. The zero-order valence-electron chi connectivity index (χ0n) is 19.8. The van der Waals surface area contributed by atoms with Gasteiger partial charge >= 0.3 is 0 Å². The summed E-state index contributed by atoms with van der Waals surface area (Å²) in [6.07, 6.45) is 3.64. The molecule has 0 unspecified atom stereocenters. The van der Waals surface area contributed by atoms with Crippen LogP contribution in [0.2, 0.25) is 5.02 Å². The lowest BCUT2D eigenvalue weighted by Crippen LogP contribution is -2.29. The third kappa shape index (κ3) is 6.63. The Morgan fingerprint density at radius 2 is 1.51 bits per heavy atom. The second kappa shape index (κ2) is 11.2. The fourth-order valence-corrected chi connectivity index (χ4v) is 5.38. The molecule has 1 amide bonds. The summed E-state index contributed by atoms with van der Waals surface area (Å²) in [4.78, 5) is 15.3. The van der Waals surface area contributed by atoms with Crippen molar-refractivity contribution in [2.24, 2.45) is 0 Å². The molecule has 6 nitrogen and oxygen atoms in total. The van der Waals surface area contributed by atoms with E-state index in [1.54, 1.807) is 42.5 Å². The normalized spacial score (nSPS) is 14.1. The highest BCUT2D eigenvalue weighted by atomic mass is 35.5. The first-order chi connectivity index (χ1) is 16.8. The van der Waals surface area contributed by atoms with Crippen molar-refractivity contribution in [2.45, 2.75) is 32.5 Å². The number of nitrogens with one attached hydrogen (secondary N) is 1. The Morgan fingerprint density at radius 3 is 2.14 bits per heavy atom. The molecule has 1 saturated heterocycles. The number of nitrogens with zero attached hydrogens (tertiary/aromatic N) is 2. The maximum atomic E-state index is 12.8. The van der Waals surface area contributed by atoms with Crippen molar-refractivity contribution in [2.75, 3.05) is 23.7 Å². The van der Waals surface area contributed by atoms with E-state index in [9.17, 15) is 13.2 Å². The summed E-state index contributed by atoms with van der Waals surface area (Å²) in [5, 5.41) is 3.50. The molecule has 4 rings (SSSR count). The molecule has 0 spiro atoms. The van der Waals surface area contributed by atoms with Crippen LogP contribution in [0.4, 0.5) is 5.69 Å². The second-order valence-corrected chi connectivity index (χ2v) is 11.2. The fourth-order valence-electron chi connectivity index (χ4n) is 4.30. The standard InChI is InChI=1S/C27H30ClN3O3S/c1-35(33,34)31(20-24-10-4-5-11-26(24)28)25-14-12-21(13-15-25)27(32)29-18-22-8-2-3-9-23(22)19-30-16-6-7-17-30/h2-5,8-15H,6-7,16-20H2,1H3,(H,29,32). The minimum absolute atomic E-state index is 0.109. The summed E-state index contributed by atoms with van der Waals surface area (Å²) < 4.78 is 26.2. The molecule has 3 aromatic carbocycles. The molecule has 8 heteroatoms. The summed E-state index contributed by atoms with van der Waals surface area (Å²) in [6.45, 7) is 3.68. The molecule has 3 aromatic rings. The largest absolute Gasteiger partial charge is 0.348 e. The van der Waals surface area contributed by atoms with Crippen LogP contribution in [0.5, 0.6) is 0 Å². The number of anilines is 1. The van der Waals surface area contributed by atoms with E-state index in [-0.39, 0.29) is 12.5 Å². The van der Waals surface area contributed by atoms with Crippen LogP contribution < -0.4 is 9.62 Å². The first-order valence-corrected chi connectivity index (χ1v) is 13.9. The van der Waals surface area contributed by atoms with Crippen molar-refractivity contribution in [3.8, 4) is 0 Å². The summed E-state index contributed by atoms with van der Waals surface area (Å²) in [5.74, 6) is -0.204. The average molecular weight is 512 g/mol. The molecule has 1 heterocycles. The second-order valence-electron chi connectivity index (χ2n) is 8.84. The van der Waals surface area contributed by atoms with E-state index in [4.69, 9.17) is 11.6 Å². The zero-order chi connectivity index (χ0) is 24.8. The lowest BCUT2D eigenvalue weighted by Gasteiger charge is -2.23. The maximum Gasteiger partial charge on any atom is 0.251 e. The number of likely N-dealkylation sites (tertiary alicyclic amines) is 1. The van der Waals surface area contributed by atoms with Crippen molar-refractivity contribution < 1.29 is 13.2 Å². The van der Waals surface area contributed by atoms with Gasteiger partial charge in [0.1, 0.15) is 0 Å². The number of amides is 1. The Kier molecular flexibility index (Phi) is 8.11. The van der Waals surface area contributed by atoms with E-state index >= 15 is 0 Å². The topological polar surface area (TPSA) is 69.7 Å². The van der Waals surface area contributed by atoms with Gasteiger partial charge in [-0.1, -0.05) is 54.1 Å². The van der Waals surface area contributed by atoms with Crippen LogP contribution >= 0.6 is 11.6 Å². The zero-order valence-corrected chi connectivity index (χ0v) is 21.4. The Morgan fingerprint density at radius 1 is 0.914 bits per heavy atom. The number of hydrogen-bond acceptors (Lipinski definition) is 4. The van der Waals surface area contributed by atoms with Crippen LogP contribution in [0.1, 0.15) is 39.9 Å². The van der Waals surface area contributed by atoms with E-state index in [1.165, 1.54) is 22.7 Å². The molecule has 0 saturated carbocycles. The molecule has 184 valence electrons. The van der Waals surface area contributed by atoms with Crippen molar-refractivity contribution in [3.05, 3.63) is 100 Å². The van der Waals surface area contributed by atoms with E-state index in [2.05, 4.69) is 16.3 Å². The quantitative estimate of drug-likeness (QED) is 0.446. The van der Waals surface area contributed by atoms with Gasteiger partial charge in [0.25, 0.3) is 5.91 Å². The molecule has 0 bridgehead atoms. The van der Waals surface area contributed by atoms with E-state index in [0.29, 0.717) is 28.4 Å². The number of benzene rings is 3. The lowest BCUT2D eigenvalue weighted by molar-refractivity contribution is 0.0950. The number of carbonyl (C=O) groups is 1. The smallest absolute Gasteiger partial charge is 0.251 e. The highest BCUT2D eigenvalue weighted by Crippen LogP contribution is 2.24. The average Bonchev–Trinajstić information content (AvgIpc) is 3.35. The summed E-state index contributed by atoms with van der Waals surface area (Å²) in [5.41, 5.74) is 3.98. The lowest BCUT2D eigenvalue weighted by atomic mass is 10.1. The van der Waals surface area contributed by atoms with Gasteiger partial charge in [-0.15, -0.1) is 0 Å². The van der Waals surface area contributed by atoms with Gasteiger partial charge in [0.2, 0.25) is 10.0 Å². The fraction of sp³-hybridized carbons (Fsp3) is 0.296. The summed E-state index contributed by atoms with van der Waals surface area (Å²) >= 11 is 6.24. The van der Waals surface area contributed by atoms with Crippen molar-refractivity contribution >= 4 is 33.2 Å². The molecular weight excluding hydrogens is 482 g/mol. The van der Waals surface area contributed by atoms with Gasteiger partial charge in [-0.25, -0.2) is 8.42 Å². The van der Waals surface area contributed by atoms with Crippen LogP contribution in [0.3, 0.4) is 0 Å². The molecule has 35 heavy (non-hydrogen) atoms. The third-order valence-electron chi connectivity index (χ3n) is 6.24. The SMILES string of the molecule is CS(=O)(=O)N(Cc1ccccc1Cl)c1ccc(C(=O)NCc2ccccc2CN2CCCC2)cc1. The summed E-state index contributed by atoms with van der Waals surface area (Å²) in [6, 6.07) is 21.9. The Labute approximate surface area is 212 Å². The van der Waals surface area contributed by atoms with Crippen LogP contribution in [-0.4, -0.2) is 38.6 Å². The number of halogens is 1. The monoisotopic (exact) mass is 511 g/mol. The van der Waals surface area contributed by atoms with Gasteiger partial charge in [0, 0.05) is 23.7 Å². The molecule has 0 radical (unpaired) electrons.